The van der Waals surface area contributed by atoms with Crippen molar-refractivity contribution < 1.29 is 9.53 Å². The van der Waals surface area contributed by atoms with Gasteiger partial charge in [-0.25, -0.2) is 0 Å². The summed E-state index contributed by atoms with van der Waals surface area (Å²) in [5.41, 5.74) is 0.590. The fourth-order valence-corrected chi connectivity index (χ4v) is 2.20. The molecule has 98 valence electrons. The molecular formula is C13H19N3O2. The van der Waals surface area contributed by atoms with Gasteiger partial charge >= 0.3 is 0 Å². The number of nitrogens with one attached hydrogen (secondary N) is 1. The molecule has 0 aliphatic carbocycles. The van der Waals surface area contributed by atoms with Gasteiger partial charge in [-0.05, 0) is 26.0 Å². The molecule has 1 fully saturated rings. The molecular weight excluding hydrogens is 230 g/mol. The first-order valence-electron chi connectivity index (χ1n) is 6.21. The van der Waals surface area contributed by atoms with Gasteiger partial charge in [0.1, 0.15) is 0 Å². The maximum Gasteiger partial charge on any atom is 0.253 e. The second-order valence-electron chi connectivity index (χ2n) is 4.70. The van der Waals surface area contributed by atoms with E-state index in [1.165, 1.54) is 0 Å². The molecule has 5 nitrogen and oxygen atoms in total. The van der Waals surface area contributed by atoms with Crippen molar-refractivity contribution in [2.75, 3.05) is 19.8 Å². The van der Waals surface area contributed by atoms with Crippen LogP contribution in [0.15, 0.2) is 24.5 Å². The molecule has 1 aliphatic rings. The van der Waals surface area contributed by atoms with E-state index >= 15 is 0 Å². The number of pyridine rings is 1. The van der Waals surface area contributed by atoms with Crippen LogP contribution in [0.3, 0.4) is 0 Å². The van der Waals surface area contributed by atoms with Gasteiger partial charge in [-0.15, -0.1) is 0 Å². The lowest BCUT2D eigenvalue weighted by molar-refractivity contribution is -0.0692. The van der Waals surface area contributed by atoms with Crippen molar-refractivity contribution in [1.82, 2.24) is 15.2 Å². The Labute approximate surface area is 107 Å². The fourth-order valence-electron chi connectivity index (χ4n) is 2.20. The largest absolute Gasteiger partial charge is 0.373 e. The highest BCUT2D eigenvalue weighted by Crippen LogP contribution is 2.09. The number of morpholine rings is 1. The van der Waals surface area contributed by atoms with Crippen LogP contribution in [-0.4, -0.2) is 47.8 Å². The van der Waals surface area contributed by atoms with Gasteiger partial charge < -0.3 is 10.1 Å². The van der Waals surface area contributed by atoms with Gasteiger partial charge in [0.05, 0.1) is 24.4 Å². The summed E-state index contributed by atoms with van der Waals surface area (Å²) in [4.78, 5) is 18.0. The molecule has 1 aromatic rings. The molecule has 1 aromatic heterocycles. The minimum Gasteiger partial charge on any atom is -0.373 e. The Kier molecular flexibility index (Phi) is 4.28. The molecule has 0 saturated carbocycles. The lowest BCUT2D eigenvalue weighted by atomic mass is 10.2. The van der Waals surface area contributed by atoms with Crippen LogP contribution in [0.25, 0.3) is 0 Å². The van der Waals surface area contributed by atoms with Gasteiger partial charge in [0.15, 0.2) is 0 Å². The summed E-state index contributed by atoms with van der Waals surface area (Å²) in [5, 5.41) is 2.90. The number of carbonyl (C=O) groups is 1. The first-order chi connectivity index (χ1) is 8.65. The van der Waals surface area contributed by atoms with Gasteiger partial charge in [0.25, 0.3) is 5.91 Å². The zero-order chi connectivity index (χ0) is 13.0. The minimum absolute atomic E-state index is 0.0881. The Hall–Kier alpha value is -1.46. The molecule has 0 bridgehead atoms. The SMILES string of the molecule is CC1CN(CNC(=O)c2cccnc2)CC(C)O1. The Balaban J connectivity index is 1.83. The number of hydrogen-bond acceptors (Lipinski definition) is 4. The van der Waals surface area contributed by atoms with Crippen LogP contribution in [-0.2, 0) is 4.74 Å². The maximum absolute atomic E-state index is 11.8. The Bertz CT molecular complexity index is 386. The van der Waals surface area contributed by atoms with E-state index in [-0.39, 0.29) is 18.1 Å². The van der Waals surface area contributed by atoms with Crippen molar-refractivity contribution in [3.05, 3.63) is 30.1 Å². The summed E-state index contributed by atoms with van der Waals surface area (Å²) in [5.74, 6) is -0.0881. The number of amides is 1. The topological polar surface area (TPSA) is 54.5 Å². The predicted molar refractivity (Wildman–Crippen MR) is 68.2 cm³/mol. The Morgan fingerprint density at radius 3 is 2.83 bits per heavy atom. The molecule has 1 N–H and O–H groups in total. The summed E-state index contributed by atoms with van der Waals surface area (Å²) >= 11 is 0. The first-order valence-corrected chi connectivity index (χ1v) is 6.21. The molecule has 2 heterocycles. The molecule has 0 aromatic carbocycles. The van der Waals surface area contributed by atoms with Crippen molar-refractivity contribution in [3.8, 4) is 0 Å². The van der Waals surface area contributed by atoms with E-state index in [1.807, 2.05) is 13.8 Å². The third kappa shape index (κ3) is 3.51. The monoisotopic (exact) mass is 249 g/mol. The lowest BCUT2D eigenvalue weighted by Gasteiger charge is -2.35. The molecule has 18 heavy (non-hydrogen) atoms. The van der Waals surface area contributed by atoms with Crippen LogP contribution in [0, 0.1) is 0 Å². The van der Waals surface area contributed by atoms with Gasteiger partial charge in [-0.3, -0.25) is 14.7 Å². The molecule has 1 amide bonds. The molecule has 0 radical (unpaired) electrons. The second-order valence-corrected chi connectivity index (χ2v) is 4.70. The minimum atomic E-state index is -0.0881. The smallest absolute Gasteiger partial charge is 0.253 e. The summed E-state index contributed by atoms with van der Waals surface area (Å²) in [6.07, 6.45) is 3.65. The van der Waals surface area contributed by atoms with E-state index in [0.29, 0.717) is 12.2 Å². The second kappa shape index (κ2) is 5.93. The van der Waals surface area contributed by atoms with Gasteiger partial charge in [0, 0.05) is 25.5 Å². The maximum atomic E-state index is 11.8. The lowest BCUT2D eigenvalue weighted by Crippen LogP contribution is -2.49. The van der Waals surface area contributed by atoms with Gasteiger partial charge in [-0.1, -0.05) is 0 Å². The van der Waals surface area contributed by atoms with Crippen LogP contribution < -0.4 is 5.32 Å². The molecule has 2 atom stereocenters. The molecule has 5 heteroatoms. The van der Waals surface area contributed by atoms with Crippen molar-refractivity contribution in [3.63, 3.8) is 0 Å². The summed E-state index contributed by atoms with van der Waals surface area (Å²) in [7, 11) is 0. The highest BCUT2D eigenvalue weighted by Gasteiger charge is 2.22. The third-order valence-corrected chi connectivity index (χ3v) is 2.88. The predicted octanol–water partition coefficient (Wildman–Crippen LogP) is 0.878. The summed E-state index contributed by atoms with van der Waals surface area (Å²) in [6.45, 7) is 6.33. The number of rotatable bonds is 3. The van der Waals surface area contributed by atoms with Crippen molar-refractivity contribution in [2.45, 2.75) is 26.1 Å². The zero-order valence-corrected chi connectivity index (χ0v) is 10.8. The average Bonchev–Trinajstić information content (AvgIpc) is 2.36. The van der Waals surface area contributed by atoms with E-state index in [0.717, 1.165) is 13.1 Å². The molecule has 2 unspecified atom stereocenters. The van der Waals surface area contributed by atoms with Gasteiger partial charge in [0.2, 0.25) is 0 Å². The normalized spacial score (nSPS) is 24.8. The van der Waals surface area contributed by atoms with Gasteiger partial charge in [-0.2, -0.15) is 0 Å². The van der Waals surface area contributed by atoms with Crippen LogP contribution >= 0.6 is 0 Å². The van der Waals surface area contributed by atoms with E-state index in [4.69, 9.17) is 4.74 Å². The zero-order valence-electron chi connectivity index (χ0n) is 10.8. The number of ether oxygens (including phenoxy) is 1. The van der Waals surface area contributed by atoms with Crippen LogP contribution in [0.1, 0.15) is 24.2 Å². The third-order valence-electron chi connectivity index (χ3n) is 2.88. The van der Waals surface area contributed by atoms with Crippen molar-refractivity contribution >= 4 is 5.91 Å². The van der Waals surface area contributed by atoms with Crippen LogP contribution in [0.4, 0.5) is 0 Å². The van der Waals surface area contributed by atoms with Crippen LogP contribution in [0.5, 0.6) is 0 Å². The van der Waals surface area contributed by atoms with E-state index in [9.17, 15) is 4.79 Å². The number of nitrogens with zero attached hydrogens (tertiary/aromatic N) is 2. The highest BCUT2D eigenvalue weighted by atomic mass is 16.5. The number of carbonyl (C=O) groups excluding carboxylic acids is 1. The Morgan fingerprint density at radius 1 is 1.50 bits per heavy atom. The van der Waals surface area contributed by atoms with E-state index < -0.39 is 0 Å². The highest BCUT2D eigenvalue weighted by molar-refractivity contribution is 5.93. The quantitative estimate of drug-likeness (QED) is 0.864. The fraction of sp³-hybridized carbons (Fsp3) is 0.538. The molecule has 0 spiro atoms. The molecule has 1 saturated heterocycles. The average molecular weight is 249 g/mol. The van der Waals surface area contributed by atoms with E-state index in [1.54, 1.807) is 24.5 Å². The molecule has 2 rings (SSSR count). The summed E-state index contributed by atoms with van der Waals surface area (Å²) < 4.78 is 5.64. The first kappa shape index (κ1) is 13.0. The Morgan fingerprint density at radius 2 is 2.22 bits per heavy atom. The standard InChI is InChI=1S/C13H19N3O2/c1-10-7-16(8-11(2)18-10)9-15-13(17)12-4-3-5-14-6-12/h3-6,10-11H,7-9H2,1-2H3,(H,15,17). The van der Waals surface area contributed by atoms with E-state index in [2.05, 4.69) is 15.2 Å². The van der Waals surface area contributed by atoms with Crippen LogP contribution in [0.2, 0.25) is 0 Å². The van der Waals surface area contributed by atoms with Crippen molar-refractivity contribution in [1.29, 1.82) is 0 Å². The summed E-state index contributed by atoms with van der Waals surface area (Å²) in [6, 6.07) is 3.51. The molecule has 1 aliphatic heterocycles. The van der Waals surface area contributed by atoms with Crippen molar-refractivity contribution in [2.24, 2.45) is 0 Å². The number of hydrogen-bond donors (Lipinski definition) is 1. The number of aromatic nitrogens is 1.